The van der Waals surface area contributed by atoms with Crippen molar-refractivity contribution >= 4 is 40.2 Å². The van der Waals surface area contributed by atoms with Gasteiger partial charge in [0.2, 0.25) is 0 Å². The molecule has 0 radical (unpaired) electrons. The van der Waals surface area contributed by atoms with Crippen LogP contribution < -0.4 is 4.74 Å². The monoisotopic (exact) mass is 494 g/mol. The van der Waals surface area contributed by atoms with Gasteiger partial charge in [-0.2, -0.15) is 11.8 Å². The van der Waals surface area contributed by atoms with Gasteiger partial charge in [0.05, 0.1) is 17.6 Å². The number of alkyl halides is 1. The number of ether oxygens (including phenoxy) is 1. The second kappa shape index (κ2) is 11.2. The maximum atomic E-state index is 15.5. The minimum atomic E-state index is -1.24. The predicted octanol–water partition coefficient (Wildman–Crippen LogP) is 6.00. The summed E-state index contributed by atoms with van der Waals surface area (Å²) >= 11 is 8.41. The molecule has 1 aromatic carbocycles. The molecular formula is C25H32ClFN2O3S. The highest BCUT2D eigenvalue weighted by atomic mass is 35.5. The van der Waals surface area contributed by atoms with Gasteiger partial charge in [-0.3, -0.25) is 9.78 Å². The van der Waals surface area contributed by atoms with Crippen molar-refractivity contribution in [2.45, 2.75) is 49.9 Å². The number of nitrogens with zero attached hydrogens (tertiary/aromatic N) is 2. The zero-order valence-corrected chi connectivity index (χ0v) is 20.6. The number of methoxy groups -OCH3 is 1. The Balaban J connectivity index is 1.40. The first-order valence-electron chi connectivity index (χ1n) is 11.8. The summed E-state index contributed by atoms with van der Waals surface area (Å²) < 4.78 is 20.9. The fourth-order valence-corrected chi connectivity index (χ4v) is 6.33. The molecule has 8 heteroatoms. The minimum absolute atomic E-state index is 0.0547. The van der Waals surface area contributed by atoms with E-state index < -0.39 is 12.1 Å². The lowest BCUT2D eigenvalue weighted by Gasteiger charge is -2.38. The third-order valence-electron chi connectivity index (χ3n) is 6.87. The number of pyridine rings is 1. The number of likely N-dealkylation sites (tertiary alicyclic amines) is 1. The molecule has 1 saturated carbocycles. The number of carbonyl (C=O) groups is 1. The van der Waals surface area contributed by atoms with E-state index in [0.29, 0.717) is 40.1 Å². The molecule has 1 N–H and O–H groups in total. The molecule has 2 aromatic rings. The number of rotatable bonds is 11. The van der Waals surface area contributed by atoms with Crippen molar-refractivity contribution in [3.05, 3.63) is 35.0 Å². The van der Waals surface area contributed by atoms with Crippen LogP contribution in [0, 0.1) is 11.8 Å². The number of thioether (sulfide) groups is 1. The zero-order chi connectivity index (χ0) is 23.4. The Morgan fingerprint density at radius 3 is 2.91 bits per heavy atom. The highest BCUT2D eigenvalue weighted by Gasteiger charge is 2.32. The van der Waals surface area contributed by atoms with Crippen LogP contribution in [-0.2, 0) is 4.79 Å². The largest absolute Gasteiger partial charge is 0.497 e. The number of aliphatic carboxylic acids is 1. The van der Waals surface area contributed by atoms with Gasteiger partial charge in [-0.15, -0.1) is 0 Å². The van der Waals surface area contributed by atoms with Crippen LogP contribution in [0.1, 0.15) is 50.3 Å². The maximum Gasteiger partial charge on any atom is 0.303 e. The van der Waals surface area contributed by atoms with E-state index in [0.717, 1.165) is 37.1 Å². The number of benzene rings is 1. The van der Waals surface area contributed by atoms with E-state index in [1.54, 1.807) is 25.3 Å². The molecule has 5 nitrogen and oxygen atoms in total. The molecule has 180 valence electrons. The SMILES string of the molecule is COc1ccc2ncc(Cl)c(C(F)CCC3CCN(CCSC4CC4)CC3CC(=O)O)c2c1. The van der Waals surface area contributed by atoms with Crippen LogP contribution in [0.5, 0.6) is 5.75 Å². The van der Waals surface area contributed by atoms with Gasteiger partial charge >= 0.3 is 5.97 Å². The fourth-order valence-electron chi connectivity index (χ4n) is 4.90. The number of carboxylic acid groups (broad SMARTS) is 1. The van der Waals surface area contributed by atoms with Crippen molar-refractivity contribution in [3.63, 3.8) is 0 Å². The lowest BCUT2D eigenvalue weighted by Crippen LogP contribution is -2.42. The van der Waals surface area contributed by atoms with Crippen LogP contribution in [0.3, 0.4) is 0 Å². The first kappa shape index (κ1) is 24.6. The summed E-state index contributed by atoms with van der Waals surface area (Å²) in [6.45, 7) is 2.75. The van der Waals surface area contributed by atoms with Crippen molar-refractivity contribution < 1.29 is 19.0 Å². The number of hydrogen-bond acceptors (Lipinski definition) is 5. The van der Waals surface area contributed by atoms with Crippen LogP contribution in [0.15, 0.2) is 24.4 Å². The van der Waals surface area contributed by atoms with Gasteiger partial charge in [0, 0.05) is 47.7 Å². The number of carboxylic acids is 1. The van der Waals surface area contributed by atoms with E-state index in [2.05, 4.69) is 9.88 Å². The molecule has 1 aliphatic heterocycles. The number of hydrogen-bond donors (Lipinski definition) is 1. The van der Waals surface area contributed by atoms with Gasteiger partial charge in [-0.1, -0.05) is 11.6 Å². The molecule has 1 aromatic heterocycles. The quantitative estimate of drug-likeness (QED) is 0.413. The fraction of sp³-hybridized carbons (Fsp3) is 0.600. The van der Waals surface area contributed by atoms with Gasteiger partial charge in [-0.25, -0.2) is 4.39 Å². The van der Waals surface area contributed by atoms with Crippen molar-refractivity contribution in [3.8, 4) is 5.75 Å². The number of piperidine rings is 1. The van der Waals surface area contributed by atoms with Crippen LogP contribution >= 0.6 is 23.4 Å². The molecule has 2 heterocycles. The molecule has 1 saturated heterocycles. The Kier molecular flexibility index (Phi) is 8.36. The van der Waals surface area contributed by atoms with Crippen molar-refractivity contribution in [1.82, 2.24) is 9.88 Å². The topological polar surface area (TPSA) is 62.7 Å². The molecule has 1 aliphatic carbocycles. The van der Waals surface area contributed by atoms with Crippen LogP contribution in [0.4, 0.5) is 4.39 Å². The molecule has 4 rings (SSSR count). The standard InChI is InChI=1S/C25H32ClFN2O3S/c1-32-18-3-7-23-20(13-18)25(21(26)14-28-23)22(27)6-2-16-8-9-29(10-11-33-19-4-5-19)15-17(16)12-24(30)31/h3,7,13-14,16-17,19,22H,2,4-6,8-12,15H2,1H3,(H,30,31). The Labute approximate surface area is 204 Å². The molecule has 3 atom stereocenters. The predicted molar refractivity (Wildman–Crippen MR) is 132 cm³/mol. The average Bonchev–Trinajstić information content (AvgIpc) is 3.62. The third kappa shape index (κ3) is 6.52. The van der Waals surface area contributed by atoms with Gasteiger partial charge in [0.25, 0.3) is 0 Å². The number of aromatic nitrogens is 1. The Morgan fingerprint density at radius 2 is 2.18 bits per heavy atom. The lowest BCUT2D eigenvalue weighted by atomic mass is 9.79. The summed E-state index contributed by atoms with van der Waals surface area (Å²) in [4.78, 5) is 18.2. The molecule has 0 bridgehead atoms. The highest BCUT2D eigenvalue weighted by Crippen LogP contribution is 2.39. The molecule has 0 spiro atoms. The highest BCUT2D eigenvalue weighted by molar-refractivity contribution is 8.00. The molecule has 2 aliphatic rings. The van der Waals surface area contributed by atoms with Gasteiger partial charge in [0.1, 0.15) is 11.9 Å². The zero-order valence-electron chi connectivity index (χ0n) is 19.0. The van der Waals surface area contributed by atoms with E-state index in [9.17, 15) is 9.90 Å². The van der Waals surface area contributed by atoms with Crippen LogP contribution in [0.25, 0.3) is 10.9 Å². The van der Waals surface area contributed by atoms with Crippen molar-refractivity contribution in [1.29, 1.82) is 0 Å². The molecule has 33 heavy (non-hydrogen) atoms. The maximum absolute atomic E-state index is 15.5. The Bertz CT molecular complexity index is 974. The molecule has 0 amide bonds. The number of fused-ring (bicyclic) bond motifs is 1. The minimum Gasteiger partial charge on any atom is -0.497 e. The van der Waals surface area contributed by atoms with Crippen LogP contribution in [0.2, 0.25) is 5.02 Å². The second-order valence-corrected chi connectivity index (χ2v) is 11.0. The molecule has 3 unspecified atom stereocenters. The summed E-state index contributed by atoms with van der Waals surface area (Å²) in [6, 6.07) is 5.38. The average molecular weight is 495 g/mol. The van der Waals surface area contributed by atoms with Gasteiger partial charge in [0.15, 0.2) is 0 Å². The normalized spacial score (nSPS) is 22.4. The lowest BCUT2D eigenvalue weighted by molar-refractivity contribution is -0.139. The third-order valence-corrected chi connectivity index (χ3v) is 8.53. The summed E-state index contributed by atoms with van der Waals surface area (Å²) in [5.41, 5.74) is 1.13. The molecule has 2 fully saturated rings. The Morgan fingerprint density at radius 1 is 1.36 bits per heavy atom. The summed E-state index contributed by atoms with van der Waals surface area (Å²) in [6.07, 6.45) is 4.95. The first-order valence-corrected chi connectivity index (χ1v) is 13.2. The second-order valence-electron chi connectivity index (χ2n) is 9.23. The van der Waals surface area contributed by atoms with E-state index in [1.807, 2.05) is 11.8 Å². The van der Waals surface area contributed by atoms with Gasteiger partial charge < -0.3 is 14.7 Å². The van der Waals surface area contributed by atoms with E-state index in [-0.39, 0.29) is 18.3 Å². The summed E-state index contributed by atoms with van der Waals surface area (Å²) in [5.74, 6) is 1.23. The molecular weight excluding hydrogens is 463 g/mol. The van der Waals surface area contributed by atoms with E-state index >= 15 is 4.39 Å². The Hall–Kier alpha value is -1.57. The van der Waals surface area contributed by atoms with Crippen molar-refractivity contribution in [2.75, 3.05) is 32.5 Å². The van der Waals surface area contributed by atoms with Crippen LogP contribution in [-0.4, -0.2) is 58.7 Å². The van der Waals surface area contributed by atoms with E-state index in [4.69, 9.17) is 16.3 Å². The summed E-state index contributed by atoms with van der Waals surface area (Å²) in [7, 11) is 1.57. The summed E-state index contributed by atoms with van der Waals surface area (Å²) in [5, 5.41) is 11.3. The van der Waals surface area contributed by atoms with Crippen molar-refractivity contribution in [2.24, 2.45) is 11.8 Å². The first-order chi connectivity index (χ1) is 15.9. The van der Waals surface area contributed by atoms with E-state index in [1.165, 1.54) is 19.0 Å². The smallest absolute Gasteiger partial charge is 0.303 e. The number of halogens is 2. The van der Waals surface area contributed by atoms with Gasteiger partial charge in [-0.05, 0) is 68.7 Å².